The van der Waals surface area contributed by atoms with Crippen molar-refractivity contribution in [2.45, 2.75) is 0 Å². The molecule has 0 unspecified atom stereocenters. The summed E-state index contributed by atoms with van der Waals surface area (Å²) in [4.78, 5) is 4.52. The Balaban J connectivity index is 2.19. The highest BCUT2D eigenvalue weighted by atomic mass is 127. The summed E-state index contributed by atoms with van der Waals surface area (Å²) in [7, 11) is 0. The average Bonchev–Trinajstić information content (AvgIpc) is 2.73. The van der Waals surface area contributed by atoms with Crippen molar-refractivity contribution in [3.63, 3.8) is 0 Å². The van der Waals surface area contributed by atoms with Gasteiger partial charge in [0, 0.05) is 5.56 Å². The number of halogens is 1. The Bertz CT molecular complexity index is 631. The van der Waals surface area contributed by atoms with Gasteiger partial charge < -0.3 is 0 Å². The average molecular weight is 321 g/mol. The molecule has 0 aliphatic rings. The first-order valence-corrected chi connectivity index (χ1v) is 5.98. The van der Waals surface area contributed by atoms with Gasteiger partial charge >= 0.3 is 0 Å². The van der Waals surface area contributed by atoms with Crippen LogP contribution in [-0.2, 0) is 0 Å². The summed E-state index contributed by atoms with van der Waals surface area (Å²) in [5.74, 6) is 0. The molecule has 3 aromatic rings. The van der Waals surface area contributed by atoms with Gasteiger partial charge in [0.2, 0.25) is 0 Å². The first-order valence-electron chi connectivity index (χ1n) is 4.90. The summed E-state index contributed by atoms with van der Waals surface area (Å²) in [5.41, 5.74) is 2.94. The van der Waals surface area contributed by atoms with Gasteiger partial charge in [0.05, 0.1) is 11.9 Å². The molecule has 0 spiro atoms. The predicted octanol–water partition coefficient (Wildman–Crippen LogP) is 3.00. The van der Waals surface area contributed by atoms with E-state index in [0.717, 1.165) is 20.6 Å². The van der Waals surface area contributed by atoms with E-state index in [1.165, 1.54) is 0 Å². The van der Waals surface area contributed by atoms with Gasteiger partial charge in [0.25, 0.3) is 0 Å². The van der Waals surface area contributed by atoms with Crippen molar-refractivity contribution in [3.8, 4) is 11.3 Å². The number of aromatic nitrogens is 3. The molecule has 78 valence electrons. The van der Waals surface area contributed by atoms with E-state index in [4.69, 9.17) is 0 Å². The lowest BCUT2D eigenvalue weighted by Crippen LogP contribution is -1.90. The zero-order chi connectivity index (χ0) is 11.0. The Morgan fingerprint density at radius 1 is 1.00 bits per heavy atom. The number of nitrogens with zero attached hydrogens (tertiary/aromatic N) is 3. The molecule has 0 saturated carbocycles. The lowest BCUT2D eigenvalue weighted by Gasteiger charge is -1.92. The summed E-state index contributed by atoms with van der Waals surface area (Å²) < 4.78 is 2.77. The van der Waals surface area contributed by atoms with Crippen LogP contribution in [0.3, 0.4) is 0 Å². The molecule has 0 amide bonds. The van der Waals surface area contributed by atoms with E-state index < -0.39 is 0 Å². The minimum atomic E-state index is 0.874. The number of fused-ring (bicyclic) bond motifs is 1. The molecule has 3 rings (SSSR count). The largest absolute Gasteiger partial charge is 0.227 e. The molecule has 2 heterocycles. The van der Waals surface area contributed by atoms with Crippen molar-refractivity contribution in [1.82, 2.24) is 14.6 Å². The molecule has 0 N–H and O–H groups in total. The summed E-state index contributed by atoms with van der Waals surface area (Å²) >= 11 is 2.19. The number of hydrogen-bond acceptors (Lipinski definition) is 2. The van der Waals surface area contributed by atoms with E-state index in [1.54, 1.807) is 0 Å². The Kier molecular flexibility index (Phi) is 2.36. The zero-order valence-corrected chi connectivity index (χ0v) is 10.5. The fourth-order valence-electron chi connectivity index (χ4n) is 1.61. The van der Waals surface area contributed by atoms with Gasteiger partial charge in [-0.1, -0.05) is 30.3 Å². The SMILES string of the molecule is Ic1ccc2nc(-c3ccccc3)cn2n1. The fraction of sp³-hybridized carbons (Fsp3) is 0. The van der Waals surface area contributed by atoms with Crippen molar-refractivity contribution in [1.29, 1.82) is 0 Å². The molecule has 3 nitrogen and oxygen atoms in total. The summed E-state index contributed by atoms with van der Waals surface area (Å²) in [5, 5.41) is 4.36. The first-order chi connectivity index (χ1) is 7.83. The highest BCUT2D eigenvalue weighted by Crippen LogP contribution is 2.18. The molecule has 0 radical (unpaired) electrons. The molecular formula is C12H8IN3. The van der Waals surface area contributed by atoms with Crippen molar-refractivity contribution in [3.05, 3.63) is 52.4 Å². The number of rotatable bonds is 1. The minimum absolute atomic E-state index is 0.874. The van der Waals surface area contributed by atoms with Crippen molar-refractivity contribution < 1.29 is 0 Å². The van der Waals surface area contributed by atoms with Gasteiger partial charge in [-0.05, 0) is 34.7 Å². The predicted molar refractivity (Wildman–Crippen MR) is 71.1 cm³/mol. The van der Waals surface area contributed by atoms with Crippen LogP contribution in [0.1, 0.15) is 0 Å². The van der Waals surface area contributed by atoms with Crippen LogP contribution in [0.2, 0.25) is 0 Å². The highest BCUT2D eigenvalue weighted by molar-refractivity contribution is 14.1. The molecule has 4 heteroatoms. The maximum absolute atomic E-state index is 4.52. The minimum Gasteiger partial charge on any atom is -0.227 e. The van der Waals surface area contributed by atoms with Crippen LogP contribution in [0.5, 0.6) is 0 Å². The maximum Gasteiger partial charge on any atom is 0.154 e. The quantitative estimate of drug-likeness (QED) is 0.645. The third-order valence-corrected chi connectivity index (χ3v) is 2.93. The van der Waals surface area contributed by atoms with Gasteiger partial charge in [0.1, 0.15) is 3.70 Å². The third-order valence-electron chi connectivity index (χ3n) is 2.36. The summed E-state index contributed by atoms with van der Waals surface area (Å²) in [6.07, 6.45) is 1.95. The molecular weight excluding hydrogens is 313 g/mol. The standard InChI is InChI=1S/C12H8IN3/c13-11-6-7-12-14-10(8-16(12)15-11)9-4-2-1-3-5-9/h1-8H. The zero-order valence-electron chi connectivity index (χ0n) is 8.34. The molecule has 0 fully saturated rings. The van der Waals surface area contributed by atoms with Gasteiger partial charge in [-0.15, -0.1) is 0 Å². The molecule has 0 aliphatic carbocycles. The van der Waals surface area contributed by atoms with E-state index in [-0.39, 0.29) is 0 Å². The van der Waals surface area contributed by atoms with Gasteiger partial charge in [-0.25, -0.2) is 9.50 Å². The van der Waals surface area contributed by atoms with Gasteiger partial charge in [-0.2, -0.15) is 5.10 Å². The Labute approximate surface area is 106 Å². The summed E-state index contributed by atoms with van der Waals surface area (Å²) in [6, 6.07) is 14.0. The second-order valence-corrected chi connectivity index (χ2v) is 4.56. The van der Waals surface area contributed by atoms with Crippen LogP contribution in [0.15, 0.2) is 48.7 Å². The van der Waals surface area contributed by atoms with Crippen LogP contribution < -0.4 is 0 Å². The Morgan fingerprint density at radius 2 is 1.81 bits per heavy atom. The van der Waals surface area contributed by atoms with Crippen molar-refractivity contribution >= 4 is 28.2 Å². The van der Waals surface area contributed by atoms with Crippen molar-refractivity contribution in [2.75, 3.05) is 0 Å². The molecule has 0 atom stereocenters. The second kappa shape index (κ2) is 3.86. The molecule has 2 aromatic heterocycles. The van der Waals surface area contributed by atoms with Crippen LogP contribution in [-0.4, -0.2) is 14.6 Å². The van der Waals surface area contributed by atoms with Crippen LogP contribution in [0, 0.1) is 3.70 Å². The Morgan fingerprint density at radius 3 is 2.62 bits per heavy atom. The lowest BCUT2D eigenvalue weighted by molar-refractivity contribution is 0.914. The monoisotopic (exact) mass is 321 g/mol. The van der Waals surface area contributed by atoms with E-state index >= 15 is 0 Å². The van der Waals surface area contributed by atoms with Crippen LogP contribution >= 0.6 is 22.6 Å². The lowest BCUT2D eigenvalue weighted by atomic mass is 10.2. The van der Waals surface area contributed by atoms with Gasteiger partial charge in [0.15, 0.2) is 5.65 Å². The van der Waals surface area contributed by atoms with E-state index in [1.807, 2.05) is 53.2 Å². The Hall–Kier alpha value is -1.43. The molecule has 0 bridgehead atoms. The second-order valence-electron chi connectivity index (χ2n) is 3.45. The molecule has 1 aromatic carbocycles. The highest BCUT2D eigenvalue weighted by Gasteiger charge is 2.04. The third kappa shape index (κ3) is 1.69. The number of benzene rings is 1. The molecule has 0 aliphatic heterocycles. The number of imidazole rings is 1. The van der Waals surface area contributed by atoms with E-state index in [2.05, 4.69) is 32.7 Å². The van der Waals surface area contributed by atoms with Crippen LogP contribution in [0.4, 0.5) is 0 Å². The fourth-order valence-corrected chi connectivity index (χ4v) is 2.02. The van der Waals surface area contributed by atoms with Gasteiger partial charge in [-0.3, -0.25) is 0 Å². The first kappa shape index (κ1) is 9.77. The van der Waals surface area contributed by atoms with E-state index in [9.17, 15) is 0 Å². The maximum atomic E-state index is 4.52. The van der Waals surface area contributed by atoms with E-state index in [0.29, 0.717) is 0 Å². The topological polar surface area (TPSA) is 30.2 Å². The molecule has 16 heavy (non-hydrogen) atoms. The summed E-state index contributed by atoms with van der Waals surface area (Å²) in [6.45, 7) is 0. The smallest absolute Gasteiger partial charge is 0.154 e. The molecule has 0 saturated heterocycles. The van der Waals surface area contributed by atoms with Crippen LogP contribution in [0.25, 0.3) is 16.9 Å². The van der Waals surface area contributed by atoms with Crippen molar-refractivity contribution in [2.24, 2.45) is 0 Å². The normalized spacial score (nSPS) is 10.8. The number of hydrogen-bond donors (Lipinski definition) is 0.